The molecule has 0 fully saturated rings. The highest BCUT2D eigenvalue weighted by Gasteiger charge is 1.99. The molecule has 2 N–H and O–H groups in total. The maximum absolute atomic E-state index is 4.42. The van der Waals surface area contributed by atoms with E-state index in [-0.39, 0.29) is 0 Å². The highest BCUT2D eigenvalue weighted by Crippen LogP contribution is 2.17. The molecular weight excluding hydrogens is 200 g/mol. The molecule has 0 aliphatic carbocycles. The Balaban J connectivity index is 2.36. The van der Waals surface area contributed by atoms with Crippen LogP contribution in [-0.2, 0) is 0 Å². The summed E-state index contributed by atoms with van der Waals surface area (Å²) in [7, 11) is 0. The lowest BCUT2D eigenvalue weighted by Crippen LogP contribution is -2.02. The molecule has 0 bridgehead atoms. The van der Waals surface area contributed by atoms with Crippen LogP contribution in [0.25, 0.3) is 10.9 Å². The van der Waals surface area contributed by atoms with Crippen LogP contribution in [-0.4, -0.2) is 23.1 Å². The maximum atomic E-state index is 4.42. The van der Waals surface area contributed by atoms with Crippen molar-refractivity contribution in [3.63, 3.8) is 0 Å². The zero-order chi connectivity index (χ0) is 11.4. The van der Waals surface area contributed by atoms with Crippen molar-refractivity contribution < 1.29 is 0 Å². The normalized spacial score (nSPS) is 10.4. The number of nitrogens with one attached hydrogen (secondary N) is 2. The Morgan fingerprint density at radius 1 is 1.12 bits per heavy atom. The molecule has 0 saturated heterocycles. The van der Waals surface area contributed by atoms with Gasteiger partial charge in [-0.2, -0.15) is 0 Å². The molecular formula is C12H16N4. The molecule has 4 nitrogen and oxygen atoms in total. The molecule has 2 rings (SSSR count). The molecule has 0 saturated carbocycles. The van der Waals surface area contributed by atoms with Gasteiger partial charge < -0.3 is 10.6 Å². The summed E-state index contributed by atoms with van der Waals surface area (Å²) in [5.74, 6) is 0.686. The summed E-state index contributed by atoms with van der Waals surface area (Å²) in [6, 6.07) is 6.11. The zero-order valence-electron chi connectivity index (χ0n) is 9.62. The van der Waals surface area contributed by atoms with Crippen LogP contribution in [0.3, 0.4) is 0 Å². The molecule has 0 aliphatic heterocycles. The third kappa shape index (κ3) is 2.21. The minimum Gasteiger partial charge on any atom is -0.385 e. The first-order valence-corrected chi connectivity index (χ1v) is 5.58. The largest absolute Gasteiger partial charge is 0.385 e. The molecule has 16 heavy (non-hydrogen) atoms. The van der Waals surface area contributed by atoms with Crippen molar-refractivity contribution in [2.24, 2.45) is 0 Å². The van der Waals surface area contributed by atoms with Gasteiger partial charge in [0, 0.05) is 30.4 Å². The highest BCUT2D eigenvalue weighted by molar-refractivity contribution is 5.82. The topological polar surface area (TPSA) is 49.8 Å². The van der Waals surface area contributed by atoms with E-state index in [1.54, 1.807) is 0 Å². The Hall–Kier alpha value is -1.84. The van der Waals surface area contributed by atoms with Gasteiger partial charge in [-0.1, -0.05) is 0 Å². The standard InChI is InChI=1S/C12H16N4/c1-3-13-10-5-6-11-9(7-10)8-15-12(16-11)14-4-2/h5-8,13H,3-4H2,1-2H3,(H,14,15,16). The molecule has 84 valence electrons. The van der Waals surface area contributed by atoms with Crippen molar-refractivity contribution in [3.8, 4) is 0 Å². The van der Waals surface area contributed by atoms with Gasteiger partial charge in [0.2, 0.25) is 5.95 Å². The zero-order valence-corrected chi connectivity index (χ0v) is 9.62. The van der Waals surface area contributed by atoms with Crippen molar-refractivity contribution in [2.45, 2.75) is 13.8 Å². The number of benzene rings is 1. The molecule has 4 heteroatoms. The number of hydrogen-bond acceptors (Lipinski definition) is 4. The van der Waals surface area contributed by atoms with Gasteiger partial charge in [0.15, 0.2) is 0 Å². The summed E-state index contributed by atoms with van der Waals surface area (Å²) >= 11 is 0. The Bertz CT molecular complexity index is 436. The number of anilines is 2. The average Bonchev–Trinajstić information content (AvgIpc) is 2.30. The highest BCUT2D eigenvalue weighted by atomic mass is 15.1. The molecule has 0 atom stereocenters. The maximum Gasteiger partial charge on any atom is 0.223 e. The van der Waals surface area contributed by atoms with E-state index < -0.39 is 0 Å². The van der Waals surface area contributed by atoms with E-state index in [1.807, 2.05) is 25.3 Å². The van der Waals surface area contributed by atoms with Crippen molar-refractivity contribution in [1.82, 2.24) is 9.97 Å². The van der Waals surface area contributed by atoms with Crippen LogP contribution in [0.15, 0.2) is 24.4 Å². The first-order valence-electron chi connectivity index (χ1n) is 5.58. The fraction of sp³-hybridized carbons (Fsp3) is 0.333. The summed E-state index contributed by atoms with van der Waals surface area (Å²) in [5, 5.41) is 7.43. The van der Waals surface area contributed by atoms with Crippen LogP contribution < -0.4 is 10.6 Å². The lowest BCUT2D eigenvalue weighted by Gasteiger charge is -2.06. The molecule has 0 spiro atoms. The number of nitrogens with zero attached hydrogens (tertiary/aromatic N) is 2. The van der Waals surface area contributed by atoms with E-state index in [0.717, 1.165) is 29.7 Å². The average molecular weight is 216 g/mol. The Kier molecular flexibility index (Phi) is 3.19. The number of fused-ring (bicyclic) bond motifs is 1. The quantitative estimate of drug-likeness (QED) is 0.824. The summed E-state index contributed by atoms with van der Waals surface area (Å²) in [5.41, 5.74) is 2.07. The first-order chi connectivity index (χ1) is 7.83. The summed E-state index contributed by atoms with van der Waals surface area (Å²) < 4.78 is 0. The minimum atomic E-state index is 0.686. The van der Waals surface area contributed by atoms with Crippen molar-refractivity contribution in [3.05, 3.63) is 24.4 Å². The van der Waals surface area contributed by atoms with Crippen LogP contribution in [0, 0.1) is 0 Å². The fourth-order valence-electron chi connectivity index (χ4n) is 1.59. The predicted octanol–water partition coefficient (Wildman–Crippen LogP) is 2.49. The van der Waals surface area contributed by atoms with Gasteiger partial charge in [-0.15, -0.1) is 0 Å². The van der Waals surface area contributed by atoms with E-state index in [0.29, 0.717) is 5.95 Å². The number of hydrogen-bond donors (Lipinski definition) is 2. The molecule has 0 radical (unpaired) electrons. The third-order valence-electron chi connectivity index (χ3n) is 2.30. The summed E-state index contributed by atoms with van der Waals surface area (Å²) in [6.07, 6.45) is 1.85. The third-order valence-corrected chi connectivity index (χ3v) is 2.30. The van der Waals surface area contributed by atoms with E-state index in [2.05, 4.69) is 33.6 Å². The second-order valence-electron chi connectivity index (χ2n) is 3.53. The molecule has 1 aromatic heterocycles. The van der Waals surface area contributed by atoms with Crippen molar-refractivity contribution in [2.75, 3.05) is 23.7 Å². The van der Waals surface area contributed by atoms with Gasteiger partial charge in [-0.05, 0) is 32.0 Å². The molecule has 0 amide bonds. The monoisotopic (exact) mass is 216 g/mol. The Morgan fingerprint density at radius 3 is 2.69 bits per heavy atom. The minimum absolute atomic E-state index is 0.686. The van der Waals surface area contributed by atoms with Crippen LogP contribution >= 0.6 is 0 Å². The lowest BCUT2D eigenvalue weighted by molar-refractivity contribution is 1.11. The van der Waals surface area contributed by atoms with Crippen LogP contribution in [0.4, 0.5) is 11.6 Å². The SMILES string of the molecule is CCNc1ccc2nc(NCC)ncc2c1. The van der Waals surface area contributed by atoms with Gasteiger partial charge in [-0.25, -0.2) is 9.97 Å². The molecule has 0 aliphatic rings. The Morgan fingerprint density at radius 2 is 1.94 bits per heavy atom. The molecule has 1 aromatic carbocycles. The van der Waals surface area contributed by atoms with Crippen LogP contribution in [0.5, 0.6) is 0 Å². The van der Waals surface area contributed by atoms with E-state index in [9.17, 15) is 0 Å². The fourth-order valence-corrected chi connectivity index (χ4v) is 1.59. The second kappa shape index (κ2) is 4.79. The summed E-state index contributed by atoms with van der Waals surface area (Å²) in [4.78, 5) is 8.66. The van der Waals surface area contributed by atoms with Crippen molar-refractivity contribution in [1.29, 1.82) is 0 Å². The van der Waals surface area contributed by atoms with Crippen molar-refractivity contribution >= 4 is 22.5 Å². The van der Waals surface area contributed by atoms with E-state index >= 15 is 0 Å². The second-order valence-corrected chi connectivity index (χ2v) is 3.53. The van der Waals surface area contributed by atoms with Crippen LogP contribution in [0.1, 0.15) is 13.8 Å². The van der Waals surface area contributed by atoms with Gasteiger partial charge in [0.1, 0.15) is 0 Å². The lowest BCUT2D eigenvalue weighted by atomic mass is 10.2. The van der Waals surface area contributed by atoms with Gasteiger partial charge in [0.25, 0.3) is 0 Å². The summed E-state index contributed by atoms with van der Waals surface area (Å²) in [6.45, 7) is 5.86. The predicted molar refractivity (Wildman–Crippen MR) is 67.9 cm³/mol. The number of rotatable bonds is 4. The van der Waals surface area contributed by atoms with Gasteiger partial charge >= 0.3 is 0 Å². The first kappa shape index (κ1) is 10.7. The van der Waals surface area contributed by atoms with E-state index in [4.69, 9.17) is 0 Å². The Labute approximate surface area is 95.1 Å². The van der Waals surface area contributed by atoms with Gasteiger partial charge in [0.05, 0.1) is 5.52 Å². The van der Waals surface area contributed by atoms with Crippen LogP contribution in [0.2, 0.25) is 0 Å². The molecule has 0 unspecified atom stereocenters. The van der Waals surface area contributed by atoms with Gasteiger partial charge in [-0.3, -0.25) is 0 Å². The van der Waals surface area contributed by atoms with E-state index in [1.165, 1.54) is 0 Å². The number of aromatic nitrogens is 2. The smallest absolute Gasteiger partial charge is 0.223 e. The molecule has 2 aromatic rings. The molecule has 1 heterocycles.